The molecule has 0 radical (unpaired) electrons. The summed E-state index contributed by atoms with van der Waals surface area (Å²) in [5.41, 5.74) is 1.64. The smallest absolute Gasteiger partial charge is 0.246 e. The van der Waals surface area contributed by atoms with Gasteiger partial charge in [-0.2, -0.15) is 11.3 Å². The molecule has 4 rings (SSSR count). The number of hydrogen-bond donors (Lipinski definition) is 0. The molecule has 0 aromatic carbocycles. The standard InChI is InChI=1S/C18H20N4O2S/c1-14(23)22-10-17(24)21(16-4-8-25-11-16)13-18(22)5-7-20(12-18)15-3-2-6-19-9-15/h2-4,6,8-9,11H,5,7,10,12-13H2,1H3/t18-/m0/s1. The van der Waals surface area contributed by atoms with Crippen molar-refractivity contribution in [2.45, 2.75) is 18.9 Å². The van der Waals surface area contributed by atoms with Gasteiger partial charge in [-0.3, -0.25) is 14.6 Å². The fourth-order valence-corrected chi connectivity index (χ4v) is 4.56. The van der Waals surface area contributed by atoms with E-state index < -0.39 is 0 Å². The lowest BCUT2D eigenvalue weighted by atomic mass is 9.92. The predicted octanol–water partition coefficient (Wildman–Crippen LogP) is 1.99. The number of aromatic nitrogens is 1. The van der Waals surface area contributed by atoms with Crippen molar-refractivity contribution < 1.29 is 9.59 Å². The van der Waals surface area contributed by atoms with Crippen molar-refractivity contribution in [1.82, 2.24) is 9.88 Å². The van der Waals surface area contributed by atoms with Crippen molar-refractivity contribution in [1.29, 1.82) is 0 Å². The molecule has 130 valence electrons. The fourth-order valence-electron chi connectivity index (χ4n) is 3.91. The highest BCUT2D eigenvalue weighted by Gasteiger charge is 2.50. The Balaban J connectivity index is 1.65. The van der Waals surface area contributed by atoms with Crippen molar-refractivity contribution in [3.05, 3.63) is 41.4 Å². The van der Waals surface area contributed by atoms with E-state index in [1.807, 2.05) is 40.1 Å². The predicted molar refractivity (Wildman–Crippen MR) is 97.9 cm³/mol. The molecule has 25 heavy (non-hydrogen) atoms. The Labute approximate surface area is 150 Å². The first-order chi connectivity index (χ1) is 12.1. The number of amides is 2. The quantitative estimate of drug-likeness (QED) is 0.826. The maximum atomic E-state index is 12.6. The number of anilines is 2. The van der Waals surface area contributed by atoms with Gasteiger partial charge in [0.15, 0.2) is 0 Å². The molecule has 1 atom stereocenters. The van der Waals surface area contributed by atoms with Crippen LogP contribution in [0.25, 0.3) is 0 Å². The molecule has 0 bridgehead atoms. The minimum Gasteiger partial charge on any atom is -0.368 e. The van der Waals surface area contributed by atoms with E-state index >= 15 is 0 Å². The average Bonchev–Trinajstić information content (AvgIpc) is 3.28. The highest BCUT2D eigenvalue weighted by Crippen LogP contribution is 2.36. The summed E-state index contributed by atoms with van der Waals surface area (Å²) in [7, 11) is 0. The van der Waals surface area contributed by atoms with Crippen molar-refractivity contribution in [3.63, 3.8) is 0 Å². The number of thiophene rings is 1. The minimum absolute atomic E-state index is 0.0148. The van der Waals surface area contributed by atoms with Gasteiger partial charge in [0, 0.05) is 31.6 Å². The average molecular weight is 356 g/mol. The summed E-state index contributed by atoms with van der Waals surface area (Å²) in [6, 6.07) is 5.92. The van der Waals surface area contributed by atoms with Crippen LogP contribution in [0.3, 0.4) is 0 Å². The lowest BCUT2D eigenvalue weighted by Crippen LogP contribution is -2.66. The highest BCUT2D eigenvalue weighted by molar-refractivity contribution is 7.08. The molecule has 1 spiro atoms. The molecule has 2 amide bonds. The number of nitrogens with zero attached hydrogens (tertiary/aromatic N) is 4. The van der Waals surface area contributed by atoms with E-state index in [1.165, 1.54) is 0 Å². The summed E-state index contributed by atoms with van der Waals surface area (Å²) >= 11 is 1.58. The number of pyridine rings is 1. The van der Waals surface area contributed by atoms with Crippen LogP contribution in [0.15, 0.2) is 41.4 Å². The van der Waals surface area contributed by atoms with E-state index in [9.17, 15) is 9.59 Å². The third-order valence-electron chi connectivity index (χ3n) is 5.16. The second kappa shape index (κ2) is 6.15. The SMILES string of the molecule is CC(=O)N1CC(=O)N(c2ccsc2)C[C@@]12CCN(c1cccnc1)C2. The first-order valence-corrected chi connectivity index (χ1v) is 9.29. The lowest BCUT2D eigenvalue weighted by molar-refractivity contribution is -0.142. The lowest BCUT2D eigenvalue weighted by Gasteiger charge is -2.48. The number of carbonyl (C=O) groups is 2. The summed E-state index contributed by atoms with van der Waals surface area (Å²) < 4.78 is 0. The molecule has 2 aliphatic rings. The fraction of sp³-hybridized carbons (Fsp3) is 0.389. The van der Waals surface area contributed by atoms with E-state index in [-0.39, 0.29) is 23.9 Å². The maximum absolute atomic E-state index is 12.6. The van der Waals surface area contributed by atoms with Gasteiger partial charge in [-0.15, -0.1) is 0 Å². The summed E-state index contributed by atoms with van der Waals surface area (Å²) in [6.45, 7) is 3.81. The molecular formula is C18H20N4O2S. The van der Waals surface area contributed by atoms with Crippen molar-refractivity contribution in [3.8, 4) is 0 Å². The van der Waals surface area contributed by atoms with Crippen molar-refractivity contribution in [2.75, 3.05) is 36.0 Å². The first kappa shape index (κ1) is 16.1. The summed E-state index contributed by atoms with van der Waals surface area (Å²) in [5, 5.41) is 3.96. The van der Waals surface area contributed by atoms with E-state index in [0.717, 1.165) is 24.3 Å². The third kappa shape index (κ3) is 2.78. The van der Waals surface area contributed by atoms with Crippen LogP contribution in [0, 0.1) is 0 Å². The van der Waals surface area contributed by atoms with Crippen LogP contribution in [0.2, 0.25) is 0 Å². The van der Waals surface area contributed by atoms with Gasteiger partial charge < -0.3 is 14.7 Å². The van der Waals surface area contributed by atoms with E-state index in [0.29, 0.717) is 13.1 Å². The van der Waals surface area contributed by atoms with Crippen LogP contribution in [-0.4, -0.2) is 53.4 Å². The number of piperazine rings is 1. The Hall–Kier alpha value is -2.41. The van der Waals surface area contributed by atoms with Crippen LogP contribution in [0.1, 0.15) is 13.3 Å². The van der Waals surface area contributed by atoms with Gasteiger partial charge in [-0.25, -0.2) is 0 Å². The van der Waals surface area contributed by atoms with Gasteiger partial charge in [0.05, 0.1) is 29.7 Å². The molecule has 7 heteroatoms. The highest BCUT2D eigenvalue weighted by atomic mass is 32.1. The molecule has 2 aromatic heterocycles. The Morgan fingerprint density at radius 1 is 1.28 bits per heavy atom. The number of hydrogen-bond acceptors (Lipinski definition) is 5. The summed E-state index contributed by atoms with van der Waals surface area (Å²) in [5.74, 6) is -0.0505. The molecule has 0 saturated carbocycles. The van der Waals surface area contributed by atoms with E-state index in [4.69, 9.17) is 0 Å². The molecule has 6 nitrogen and oxygen atoms in total. The normalized spacial score (nSPS) is 23.6. The van der Waals surface area contributed by atoms with Crippen molar-refractivity contribution in [2.24, 2.45) is 0 Å². The van der Waals surface area contributed by atoms with Gasteiger partial charge in [-0.1, -0.05) is 0 Å². The van der Waals surface area contributed by atoms with Crippen LogP contribution >= 0.6 is 11.3 Å². The molecule has 0 N–H and O–H groups in total. The van der Waals surface area contributed by atoms with Crippen LogP contribution in [-0.2, 0) is 9.59 Å². The Kier molecular flexibility index (Phi) is 3.95. The molecule has 2 fully saturated rings. The van der Waals surface area contributed by atoms with Crippen molar-refractivity contribution >= 4 is 34.5 Å². The summed E-state index contributed by atoms with van der Waals surface area (Å²) in [6.07, 6.45) is 4.45. The van der Waals surface area contributed by atoms with Crippen LogP contribution in [0.4, 0.5) is 11.4 Å². The summed E-state index contributed by atoms with van der Waals surface area (Å²) in [4.78, 5) is 34.9. The third-order valence-corrected chi connectivity index (χ3v) is 5.83. The topological polar surface area (TPSA) is 56.8 Å². The number of carbonyl (C=O) groups excluding carboxylic acids is 2. The maximum Gasteiger partial charge on any atom is 0.246 e. The van der Waals surface area contributed by atoms with E-state index in [2.05, 4.69) is 9.88 Å². The Morgan fingerprint density at radius 2 is 2.16 bits per heavy atom. The second-order valence-electron chi connectivity index (χ2n) is 6.67. The minimum atomic E-state index is -0.350. The molecule has 0 unspecified atom stereocenters. The Bertz CT molecular complexity index is 780. The van der Waals surface area contributed by atoms with Crippen LogP contribution in [0.5, 0.6) is 0 Å². The largest absolute Gasteiger partial charge is 0.368 e. The van der Waals surface area contributed by atoms with Gasteiger partial charge in [0.1, 0.15) is 6.54 Å². The van der Waals surface area contributed by atoms with Crippen LogP contribution < -0.4 is 9.80 Å². The van der Waals surface area contributed by atoms with Gasteiger partial charge >= 0.3 is 0 Å². The number of rotatable bonds is 2. The molecular weight excluding hydrogens is 336 g/mol. The van der Waals surface area contributed by atoms with Gasteiger partial charge in [0.2, 0.25) is 11.8 Å². The molecule has 2 aliphatic heterocycles. The zero-order valence-corrected chi connectivity index (χ0v) is 14.9. The van der Waals surface area contributed by atoms with Gasteiger partial charge in [0.25, 0.3) is 0 Å². The van der Waals surface area contributed by atoms with E-state index in [1.54, 1.807) is 29.4 Å². The monoisotopic (exact) mass is 356 g/mol. The zero-order valence-electron chi connectivity index (χ0n) is 14.1. The molecule has 2 saturated heterocycles. The molecule has 0 aliphatic carbocycles. The Morgan fingerprint density at radius 3 is 2.84 bits per heavy atom. The zero-order chi connectivity index (χ0) is 17.4. The molecule has 4 heterocycles. The molecule has 2 aromatic rings. The van der Waals surface area contributed by atoms with Gasteiger partial charge in [-0.05, 0) is 30.0 Å². The second-order valence-corrected chi connectivity index (χ2v) is 7.45. The first-order valence-electron chi connectivity index (χ1n) is 8.35.